The quantitative estimate of drug-likeness (QED) is 0.465. The summed E-state index contributed by atoms with van der Waals surface area (Å²) in [5.41, 5.74) is 2.43. The van der Waals surface area contributed by atoms with Crippen LogP contribution in [0, 0.1) is 0 Å². The van der Waals surface area contributed by atoms with Crippen molar-refractivity contribution < 1.29 is 14.6 Å². The molecule has 0 aromatic heterocycles. The normalized spacial score (nSPS) is 13.5. The molecule has 0 aliphatic rings. The first-order valence-electron chi connectivity index (χ1n) is 8.20. The smallest absolute Gasteiger partial charge is 0.316 e. The molecule has 0 aliphatic heterocycles. The molecular weight excluding hydrogens is 320 g/mol. The number of phenols is 1. The molecule has 3 nitrogen and oxygen atoms in total. The van der Waals surface area contributed by atoms with Gasteiger partial charge in [-0.2, -0.15) is 12.6 Å². The van der Waals surface area contributed by atoms with Crippen molar-refractivity contribution in [2.24, 2.45) is 0 Å². The lowest BCUT2D eigenvalue weighted by Gasteiger charge is -2.28. The zero-order chi connectivity index (χ0) is 18.7. The molecule has 0 spiro atoms. The van der Waals surface area contributed by atoms with Crippen LogP contribution >= 0.6 is 12.6 Å². The second-order valence-corrected chi connectivity index (χ2v) is 8.48. The molecule has 1 aromatic carbocycles. The molecule has 0 unspecified atom stereocenters. The first-order valence-corrected chi connectivity index (χ1v) is 8.83. The number of aromatic hydroxyl groups is 1. The highest BCUT2D eigenvalue weighted by Gasteiger charge is 2.27. The number of benzene rings is 1. The Morgan fingerprint density at radius 2 is 1.67 bits per heavy atom. The lowest BCUT2D eigenvalue weighted by molar-refractivity contribution is -0.143. The first-order chi connectivity index (χ1) is 10.9. The standard InChI is InChI=1S/C20H30O3S/c1-8-14(23-17(21)12-24)9-13-10-15(19(2,3)4)18(22)16(11-13)20(5,6)7/h8,10-11,14,22,24H,1,9,12H2,2-7H3/t14-/m1/s1. The maximum absolute atomic E-state index is 11.5. The molecule has 0 heterocycles. The van der Waals surface area contributed by atoms with E-state index in [9.17, 15) is 9.90 Å². The molecule has 1 atom stereocenters. The van der Waals surface area contributed by atoms with Gasteiger partial charge in [0, 0.05) is 6.42 Å². The van der Waals surface area contributed by atoms with Gasteiger partial charge >= 0.3 is 5.97 Å². The third-order valence-corrected chi connectivity index (χ3v) is 4.16. The van der Waals surface area contributed by atoms with E-state index in [-0.39, 0.29) is 22.6 Å². The summed E-state index contributed by atoms with van der Waals surface area (Å²) in [6.45, 7) is 16.2. The van der Waals surface area contributed by atoms with Crippen LogP contribution in [-0.2, 0) is 26.8 Å². The molecule has 0 saturated heterocycles. The van der Waals surface area contributed by atoms with Crippen LogP contribution in [0.1, 0.15) is 58.2 Å². The van der Waals surface area contributed by atoms with Gasteiger partial charge in [-0.15, -0.1) is 0 Å². The summed E-state index contributed by atoms with van der Waals surface area (Å²) in [5.74, 6) is 0.0239. The maximum atomic E-state index is 11.5. The molecule has 0 aliphatic carbocycles. The summed E-state index contributed by atoms with van der Waals surface area (Å²) in [6, 6.07) is 3.99. The second-order valence-electron chi connectivity index (χ2n) is 8.17. The molecule has 24 heavy (non-hydrogen) atoms. The molecule has 134 valence electrons. The Kier molecular flexibility index (Phi) is 6.57. The summed E-state index contributed by atoms with van der Waals surface area (Å²) in [4.78, 5) is 11.5. The van der Waals surface area contributed by atoms with E-state index in [4.69, 9.17) is 4.74 Å². The largest absolute Gasteiger partial charge is 0.507 e. The molecule has 0 radical (unpaired) electrons. The van der Waals surface area contributed by atoms with Gasteiger partial charge in [0.2, 0.25) is 0 Å². The Balaban J connectivity index is 3.33. The van der Waals surface area contributed by atoms with Gasteiger partial charge in [-0.05, 0) is 27.5 Å². The fraction of sp³-hybridized carbons (Fsp3) is 0.550. The van der Waals surface area contributed by atoms with Gasteiger partial charge in [-0.1, -0.05) is 66.3 Å². The predicted molar refractivity (Wildman–Crippen MR) is 103 cm³/mol. The minimum atomic E-state index is -0.408. The van der Waals surface area contributed by atoms with Crippen molar-refractivity contribution in [2.45, 2.75) is 64.9 Å². The third kappa shape index (κ3) is 5.30. The molecule has 0 saturated carbocycles. The van der Waals surface area contributed by atoms with Crippen LogP contribution in [-0.4, -0.2) is 22.9 Å². The first kappa shape index (κ1) is 20.6. The monoisotopic (exact) mass is 350 g/mol. The van der Waals surface area contributed by atoms with Crippen LogP contribution < -0.4 is 0 Å². The minimum absolute atomic E-state index is 0.0421. The molecule has 0 bridgehead atoms. The molecule has 1 N–H and O–H groups in total. The molecular formula is C20H30O3S. The second kappa shape index (κ2) is 7.64. The van der Waals surface area contributed by atoms with Crippen LogP contribution in [0.15, 0.2) is 24.8 Å². The van der Waals surface area contributed by atoms with Gasteiger partial charge in [0.15, 0.2) is 0 Å². The molecule has 1 rings (SSSR count). The summed E-state index contributed by atoms with van der Waals surface area (Å²) in [6.07, 6.45) is 1.74. The van der Waals surface area contributed by atoms with E-state index in [0.717, 1.165) is 16.7 Å². The Morgan fingerprint density at radius 1 is 1.21 bits per heavy atom. The average Bonchev–Trinajstić information content (AvgIpc) is 2.45. The lowest BCUT2D eigenvalue weighted by Crippen LogP contribution is -2.21. The Labute approximate surface area is 151 Å². The van der Waals surface area contributed by atoms with Gasteiger partial charge in [0.1, 0.15) is 11.9 Å². The van der Waals surface area contributed by atoms with Crippen molar-refractivity contribution in [1.29, 1.82) is 0 Å². The number of hydrogen-bond acceptors (Lipinski definition) is 4. The number of carbonyl (C=O) groups excluding carboxylic acids is 1. The van der Waals surface area contributed by atoms with Crippen molar-refractivity contribution >= 4 is 18.6 Å². The van der Waals surface area contributed by atoms with Crippen LogP contribution in [0.3, 0.4) is 0 Å². The summed E-state index contributed by atoms with van der Waals surface area (Å²) < 4.78 is 5.34. The maximum Gasteiger partial charge on any atom is 0.316 e. The van der Waals surface area contributed by atoms with Crippen LogP contribution in [0.25, 0.3) is 0 Å². The highest BCUT2D eigenvalue weighted by molar-refractivity contribution is 7.81. The number of phenolic OH excluding ortho intramolecular Hbond substituents is 1. The van der Waals surface area contributed by atoms with Gasteiger partial charge in [0.25, 0.3) is 0 Å². The zero-order valence-electron chi connectivity index (χ0n) is 15.6. The molecule has 1 aromatic rings. The third-order valence-electron chi connectivity index (χ3n) is 3.90. The Bertz CT molecular complexity index is 571. The van der Waals surface area contributed by atoms with E-state index in [2.05, 4.69) is 60.8 Å². The number of hydrogen-bond donors (Lipinski definition) is 2. The van der Waals surface area contributed by atoms with E-state index in [1.807, 2.05) is 12.1 Å². The fourth-order valence-corrected chi connectivity index (χ4v) is 2.64. The SMILES string of the molecule is C=C[C@H](Cc1cc(C(C)(C)C)c(O)c(C(C)(C)C)c1)OC(=O)CS. The van der Waals surface area contributed by atoms with Crippen LogP contribution in [0.4, 0.5) is 0 Å². The summed E-state index contributed by atoms with van der Waals surface area (Å²) in [7, 11) is 0. The Morgan fingerprint density at radius 3 is 2.00 bits per heavy atom. The zero-order valence-corrected chi connectivity index (χ0v) is 16.5. The Hall–Kier alpha value is -1.42. The summed E-state index contributed by atoms with van der Waals surface area (Å²) >= 11 is 3.94. The number of rotatable bonds is 5. The van der Waals surface area contributed by atoms with Gasteiger partial charge < -0.3 is 9.84 Å². The van der Waals surface area contributed by atoms with E-state index in [0.29, 0.717) is 12.2 Å². The highest BCUT2D eigenvalue weighted by Crippen LogP contribution is 2.40. The van der Waals surface area contributed by atoms with Gasteiger partial charge in [0.05, 0.1) is 5.75 Å². The number of carbonyl (C=O) groups is 1. The fourth-order valence-electron chi connectivity index (χ4n) is 2.57. The van der Waals surface area contributed by atoms with Crippen molar-refractivity contribution in [3.05, 3.63) is 41.5 Å². The van der Waals surface area contributed by atoms with Crippen molar-refractivity contribution in [3.63, 3.8) is 0 Å². The molecule has 0 fully saturated rings. The van der Waals surface area contributed by atoms with Crippen molar-refractivity contribution in [1.82, 2.24) is 0 Å². The van der Waals surface area contributed by atoms with Gasteiger partial charge in [-0.25, -0.2) is 0 Å². The molecule has 0 amide bonds. The van der Waals surface area contributed by atoms with Crippen LogP contribution in [0.2, 0.25) is 0 Å². The minimum Gasteiger partial charge on any atom is -0.507 e. The van der Waals surface area contributed by atoms with E-state index in [1.165, 1.54) is 0 Å². The number of esters is 1. The number of ether oxygens (including phenoxy) is 1. The average molecular weight is 351 g/mol. The lowest BCUT2D eigenvalue weighted by atomic mass is 9.78. The number of thiol groups is 1. The topological polar surface area (TPSA) is 46.5 Å². The van der Waals surface area contributed by atoms with E-state index in [1.54, 1.807) is 6.08 Å². The van der Waals surface area contributed by atoms with Crippen molar-refractivity contribution in [3.8, 4) is 5.75 Å². The van der Waals surface area contributed by atoms with Crippen LogP contribution in [0.5, 0.6) is 5.75 Å². The summed E-state index contributed by atoms with van der Waals surface area (Å²) in [5, 5.41) is 10.7. The van der Waals surface area contributed by atoms with Gasteiger partial charge in [-0.3, -0.25) is 4.79 Å². The highest BCUT2D eigenvalue weighted by atomic mass is 32.1. The molecule has 4 heteroatoms. The van der Waals surface area contributed by atoms with Crippen molar-refractivity contribution in [2.75, 3.05) is 5.75 Å². The predicted octanol–water partition coefficient (Wildman–Crippen LogP) is 4.56. The van der Waals surface area contributed by atoms with E-state index < -0.39 is 6.10 Å². The van der Waals surface area contributed by atoms with E-state index >= 15 is 0 Å².